The molecule has 1 aromatic carbocycles. The molecule has 1 fully saturated rings. The number of methoxy groups -OCH3 is 1. The Morgan fingerprint density at radius 2 is 1.84 bits per heavy atom. The molecular formula is C25H30F4N6O2. The summed E-state index contributed by atoms with van der Waals surface area (Å²) in [6, 6.07) is 3.48. The van der Waals surface area contributed by atoms with Gasteiger partial charge in [0, 0.05) is 50.9 Å². The molecule has 200 valence electrons. The van der Waals surface area contributed by atoms with E-state index >= 15 is 0 Å². The third-order valence-corrected chi connectivity index (χ3v) is 6.44. The number of aromatic nitrogens is 2. The van der Waals surface area contributed by atoms with Crippen LogP contribution in [0.4, 0.5) is 29.1 Å². The first kappa shape index (κ1) is 26.6. The molecule has 0 bridgehead atoms. The maximum absolute atomic E-state index is 14.2. The second-order valence-corrected chi connectivity index (χ2v) is 9.24. The number of nitrogens with zero attached hydrogens (tertiary/aromatic N) is 6. The topological polar surface area (TPSA) is 65.0 Å². The zero-order valence-corrected chi connectivity index (χ0v) is 21.1. The molecule has 0 atom stereocenters. The largest absolute Gasteiger partial charge is 0.467 e. The van der Waals surface area contributed by atoms with Crippen molar-refractivity contribution >= 4 is 17.4 Å². The Balaban J connectivity index is 1.54. The number of halogens is 4. The van der Waals surface area contributed by atoms with Crippen LogP contribution in [0.5, 0.6) is 6.01 Å². The number of carbonyl (C=O) groups excluding carboxylic acids is 1. The summed E-state index contributed by atoms with van der Waals surface area (Å²) in [5, 5.41) is 0. The van der Waals surface area contributed by atoms with Crippen molar-refractivity contribution in [1.82, 2.24) is 19.8 Å². The fraction of sp³-hybridized carbons (Fsp3) is 0.480. The molecule has 1 saturated heterocycles. The van der Waals surface area contributed by atoms with Crippen molar-refractivity contribution in [3.8, 4) is 6.01 Å². The summed E-state index contributed by atoms with van der Waals surface area (Å²) in [4.78, 5) is 28.7. The van der Waals surface area contributed by atoms with E-state index in [-0.39, 0.29) is 30.7 Å². The van der Waals surface area contributed by atoms with Gasteiger partial charge in [0.15, 0.2) is 0 Å². The van der Waals surface area contributed by atoms with Crippen molar-refractivity contribution in [2.45, 2.75) is 19.1 Å². The van der Waals surface area contributed by atoms with E-state index in [0.29, 0.717) is 50.7 Å². The number of hydrogen-bond donors (Lipinski definition) is 0. The highest BCUT2D eigenvalue weighted by molar-refractivity contribution is 5.87. The average Bonchev–Trinajstić information content (AvgIpc) is 2.86. The molecule has 4 rings (SSSR count). The maximum atomic E-state index is 14.2. The van der Waals surface area contributed by atoms with Crippen LogP contribution in [0.2, 0.25) is 0 Å². The Morgan fingerprint density at radius 3 is 2.49 bits per heavy atom. The molecule has 0 radical (unpaired) electrons. The lowest BCUT2D eigenvalue weighted by atomic mass is 10.0. The molecule has 0 spiro atoms. The van der Waals surface area contributed by atoms with Crippen LogP contribution in [0, 0.1) is 5.82 Å². The Bertz CT molecular complexity index is 1160. The number of benzene rings is 1. The molecule has 8 nitrogen and oxygen atoms in total. The third-order valence-electron chi connectivity index (χ3n) is 6.44. The number of amides is 1. The van der Waals surface area contributed by atoms with Crippen molar-refractivity contribution in [2.24, 2.45) is 0 Å². The molecule has 2 aliphatic heterocycles. The number of hydrogen-bond acceptors (Lipinski definition) is 7. The smallest absolute Gasteiger partial charge is 0.421 e. The van der Waals surface area contributed by atoms with Gasteiger partial charge in [-0.05, 0) is 32.6 Å². The van der Waals surface area contributed by atoms with Gasteiger partial charge in [-0.25, -0.2) is 4.39 Å². The van der Waals surface area contributed by atoms with Crippen molar-refractivity contribution in [3.63, 3.8) is 0 Å². The van der Waals surface area contributed by atoms with Gasteiger partial charge >= 0.3 is 12.2 Å². The van der Waals surface area contributed by atoms with Gasteiger partial charge in [0.25, 0.3) is 0 Å². The van der Waals surface area contributed by atoms with Gasteiger partial charge in [-0.3, -0.25) is 4.79 Å². The van der Waals surface area contributed by atoms with E-state index in [1.807, 2.05) is 25.1 Å². The van der Waals surface area contributed by atoms with E-state index in [1.54, 1.807) is 11.0 Å². The van der Waals surface area contributed by atoms with E-state index in [9.17, 15) is 22.4 Å². The van der Waals surface area contributed by atoms with Gasteiger partial charge in [-0.2, -0.15) is 23.1 Å². The van der Waals surface area contributed by atoms with Crippen LogP contribution in [0.1, 0.15) is 16.8 Å². The molecule has 2 aliphatic rings. The van der Waals surface area contributed by atoms with Crippen molar-refractivity contribution in [2.75, 3.05) is 70.3 Å². The van der Waals surface area contributed by atoms with Gasteiger partial charge < -0.3 is 24.3 Å². The molecule has 0 saturated carbocycles. The first-order valence-electron chi connectivity index (χ1n) is 12.0. The predicted molar refractivity (Wildman–Crippen MR) is 131 cm³/mol. The minimum atomic E-state index is -4.83. The summed E-state index contributed by atoms with van der Waals surface area (Å²) in [5.41, 5.74) is -0.130. The maximum Gasteiger partial charge on any atom is 0.421 e. The lowest BCUT2D eigenvalue weighted by Crippen LogP contribution is -2.49. The summed E-state index contributed by atoms with van der Waals surface area (Å²) >= 11 is 0. The lowest BCUT2D eigenvalue weighted by molar-refractivity contribution is -0.139. The Labute approximate surface area is 213 Å². The number of ether oxygens (including phenoxy) is 1. The zero-order chi connectivity index (χ0) is 26.7. The summed E-state index contributed by atoms with van der Waals surface area (Å²) in [7, 11) is 5.28. The van der Waals surface area contributed by atoms with Crippen LogP contribution in [0.15, 0.2) is 30.4 Å². The predicted octanol–water partition coefficient (Wildman–Crippen LogP) is 2.97. The van der Waals surface area contributed by atoms with Crippen LogP contribution in [0.3, 0.4) is 0 Å². The average molecular weight is 523 g/mol. The van der Waals surface area contributed by atoms with Crippen molar-refractivity contribution in [1.29, 1.82) is 0 Å². The van der Waals surface area contributed by atoms with Gasteiger partial charge in [0.05, 0.1) is 25.0 Å². The summed E-state index contributed by atoms with van der Waals surface area (Å²) in [6.07, 6.45) is -1.03. The van der Waals surface area contributed by atoms with E-state index in [2.05, 4.69) is 14.9 Å². The van der Waals surface area contributed by atoms with Crippen LogP contribution in [0.25, 0.3) is 0 Å². The minimum Gasteiger partial charge on any atom is -0.467 e. The Morgan fingerprint density at radius 1 is 1.11 bits per heavy atom. The van der Waals surface area contributed by atoms with Gasteiger partial charge in [0.1, 0.15) is 17.2 Å². The van der Waals surface area contributed by atoms with Gasteiger partial charge in [-0.1, -0.05) is 12.1 Å². The van der Waals surface area contributed by atoms with E-state index in [4.69, 9.17) is 4.74 Å². The number of piperazine rings is 1. The molecule has 1 aromatic heterocycles. The monoisotopic (exact) mass is 522 g/mol. The third kappa shape index (κ3) is 5.95. The number of alkyl halides is 3. The summed E-state index contributed by atoms with van der Waals surface area (Å²) in [6.45, 7) is 3.10. The number of rotatable bonds is 6. The number of anilines is 2. The zero-order valence-electron chi connectivity index (χ0n) is 21.1. The van der Waals surface area contributed by atoms with Gasteiger partial charge in [0.2, 0.25) is 5.91 Å². The molecular weight excluding hydrogens is 492 g/mol. The molecule has 12 heteroatoms. The quantitative estimate of drug-likeness (QED) is 0.427. The molecule has 0 unspecified atom stereocenters. The first-order valence-corrected chi connectivity index (χ1v) is 12.0. The van der Waals surface area contributed by atoms with Crippen LogP contribution < -0.4 is 14.5 Å². The Hall–Kier alpha value is -3.41. The molecule has 1 amide bonds. The minimum absolute atomic E-state index is 0.0463. The fourth-order valence-corrected chi connectivity index (χ4v) is 4.61. The highest BCUT2D eigenvalue weighted by atomic mass is 19.4. The summed E-state index contributed by atoms with van der Waals surface area (Å²) in [5.74, 6) is -0.692. The normalized spacial score (nSPS) is 16.5. The second-order valence-electron chi connectivity index (χ2n) is 9.24. The summed E-state index contributed by atoms with van der Waals surface area (Å²) < 4.78 is 60.3. The van der Waals surface area contributed by atoms with E-state index in [1.165, 1.54) is 24.1 Å². The number of fused-ring (bicyclic) bond motifs is 1. The number of carbonyl (C=O) groups is 1. The van der Waals surface area contributed by atoms with Crippen LogP contribution in [-0.2, 0) is 23.9 Å². The SMILES string of the molecule is COc1nc2c(c(N3CCN(C(=O)/C=C/CN(C)C)CC3)n1)CCN(c1cccc(F)c1C(F)(F)F)C2. The first-order chi connectivity index (χ1) is 17.6. The van der Waals surface area contributed by atoms with Crippen molar-refractivity contribution < 1.29 is 27.1 Å². The molecule has 2 aromatic rings. The molecule has 3 heterocycles. The van der Waals surface area contributed by atoms with Gasteiger partial charge in [-0.15, -0.1) is 0 Å². The number of likely N-dealkylation sites (N-methyl/N-ethyl adjacent to an activating group) is 1. The van der Waals surface area contributed by atoms with E-state index < -0.39 is 17.6 Å². The van der Waals surface area contributed by atoms with Crippen LogP contribution in [-0.4, -0.2) is 86.1 Å². The molecule has 0 N–H and O–H groups in total. The van der Waals surface area contributed by atoms with E-state index in [0.717, 1.165) is 11.6 Å². The fourth-order valence-electron chi connectivity index (χ4n) is 4.61. The highest BCUT2D eigenvalue weighted by Gasteiger charge is 2.39. The van der Waals surface area contributed by atoms with Crippen LogP contribution >= 0.6 is 0 Å². The second kappa shape index (κ2) is 10.9. The standard InChI is InChI=1S/C25H30F4N6O2/c1-32(2)10-5-8-21(36)33-12-14-34(15-13-33)23-17-9-11-35(16-19(17)30-24(31-23)37-3)20-7-4-6-18(26)22(20)25(27,28)29/h4-8H,9-16H2,1-3H3/b8-5+. The van der Waals surface area contributed by atoms with Crippen molar-refractivity contribution in [3.05, 3.63) is 53.0 Å². The highest BCUT2D eigenvalue weighted by Crippen LogP contribution is 2.40. The lowest BCUT2D eigenvalue weighted by Gasteiger charge is -2.38. The Kier molecular flexibility index (Phi) is 7.86. The molecule has 37 heavy (non-hydrogen) atoms. The molecule has 0 aliphatic carbocycles.